The zero-order valence-electron chi connectivity index (χ0n) is 10.5. The van der Waals surface area contributed by atoms with Gasteiger partial charge in [-0.2, -0.15) is 0 Å². The van der Waals surface area contributed by atoms with E-state index >= 15 is 0 Å². The van der Waals surface area contributed by atoms with Crippen LogP contribution in [0.25, 0.3) is 0 Å². The molecule has 0 aliphatic rings. The Kier molecular flexibility index (Phi) is 3.55. The van der Waals surface area contributed by atoms with Crippen molar-refractivity contribution < 1.29 is 9.18 Å². The molecule has 0 bridgehead atoms. The van der Waals surface area contributed by atoms with Gasteiger partial charge in [-0.1, -0.05) is 6.92 Å². The van der Waals surface area contributed by atoms with Crippen LogP contribution >= 0.6 is 0 Å². The Labute approximate surface area is 105 Å². The number of nitrogens with zero attached hydrogens (tertiary/aromatic N) is 2. The summed E-state index contributed by atoms with van der Waals surface area (Å²) in [5, 5.41) is 0. The van der Waals surface area contributed by atoms with Crippen LogP contribution in [0.15, 0.2) is 30.6 Å². The predicted octanol–water partition coefficient (Wildman–Crippen LogP) is 2.97. The molecule has 4 heteroatoms. The molecule has 0 amide bonds. The molecule has 1 aromatic carbocycles. The van der Waals surface area contributed by atoms with E-state index in [0.29, 0.717) is 11.4 Å². The average molecular weight is 246 g/mol. The number of rotatable bonds is 4. The van der Waals surface area contributed by atoms with Crippen molar-refractivity contribution in [3.05, 3.63) is 53.4 Å². The molecule has 0 unspecified atom stereocenters. The lowest BCUT2D eigenvalue weighted by atomic mass is 10.1. The van der Waals surface area contributed by atoms with Gasteiger partial charge in [-0.3, -0.25) is 4.79 Å². The Bertz CT molecular complexity index is 555. The SMILES string of the molecule is CCCn1ccnc1C(=O)c1cc(C)cc(F)c1. The van der Waals surface area contributed by atoms with Gasteiger partial charge in [0, 0.05) is 24.5 Å². The number of imidazole rings is 1. The quantitative estimate of drug-likeness (QED) is 0.777. The van der Waals surface area contributed by atoms with Gasteiger partial charge >= 0.3 is 0 Å². The van der Waals surface area contributed by atoms with E-state index in [0.717, 1.165) is 18.5 Å². The first-order valence-electron chi connectivity index (χ1n) is 5.95. The van der Waals surface area contributed by atoms with Gasteiger partial charge in [-0.25, -0.2) is 9.37 Å². The number of ketones is 1. The Morgan fingerprint density at radius 2 is 2.17 bits per heavy atom. The Hall–Kier alpha value is -1.97. The van der Waals surface area contributed by atoms with Gasteiger partial charge in [0.05, 0.1) is 0 Å². The second-order valence-corrected chi connectivity index (χ2v) is 4.29. The zero-order valence-corrected chi connectivity index (χ0v) is 10.5. The minimum Gasteiger partial charge on any atom is -0.328 e. The van der Waals surface area contributed by atoms with Crippen molar-refractivity contribution in [1.82, 2.24) is 9.55 Å². The number of benzene rings is 1. The fraction of sp³-hybridized carbons (Fsp3) is 0.286. The number of hydrogen-bond acceptors (Lipinski definition) is 2. The van der Waals surface area contributed by atoms with Crippen molar-refractivity contribution in [2.45, 2.75) is 26.8 Å². The van der Waals surface area contributed by atoms with Gasteiger partial charge in [0.25, 0.3) is 0 Å². The summed E-state index contributed by atoms with van der Waals surface area (Å²) in [6, 6.07) is 4.33. The Balaban J connectivity index is 2.38. The zero-order chi connectivity index (χ0) is 13.1. The van der Waals surface area contributed by atoms with Crippen molar-refractivity contribution in [2.24, 2.45) is 0 Å². The minimum absolute atomic E-state index is 0.240. The van der Waals surface area contributed by atoms with E-state index in [9.17, 15) is 9.18 Å². The number of carbonyl (C=O) groups excluding carboxylic acids is 1. The van der Waals surface area contributed by atoms with Crippen LogP contribution in [-0.4, -0.2) is 15.3 Å². The summed E-state index contributed by atoms with van der Waals surface area (Å²) in [5.41, 5.74) is 1.07. The van der Waals surface area contributed by atoms with E-state index in [4.69, 9.17) is 0 Å². The van der Waals surface area contributed by atoms with Gasteiger partial charge in [0.2, 0.25) is 5.78 Å². The normalized spacial score (nSPS) is 10.6. The maximum atomic E-state index is 13.3. The highest BCUT2D eigenvalue weighted by Gasteiger charge is 2.15. The molecule has 0 aliphatic heterocycles. The van der Waals surface area contributed by atoms with Crippen LogP contribution in [0.4, 0.5) is 4.39 Å². The summed E-state index contributed by atoms with van der Waals surface area (Å²) in [7, 11) is 0. The molecule has 2 aromatic rings. The number of hydrogen-bond donors (Lipinski definition) is 0. The molecule has 0 spiro atoms. The second-order valence-electron chi connectivity index (χ2n) is 4.29. The largest absolute Gasteiger partial charge is 0.328 e. The van der Waals surface area contributed by atoms with Crippen LogP contribution in [-0.2, 0) is 6.54 Å². The number of halogens is 1. The van der Waals surface area contributed by atoms with Crippen molar-refractivity contribution >= 4 is 5.78 Å². The third-order valence-corrected chi connectivity index (χ3v) is 2.69. The van der Waals surface area contributed by atoms with Crippen LogP contribution < -0.4 is 0 Å². The highest BCUT2D eigenvalue weighted by atomic mass is 19.1. The van der Waals surface area contributed by atoms with Gasteiger partial charge < -0.3 is 4.57 Å². The molecule has 0 aliphatic carbocycles. The number of carbonyl (C=O) groups is 1. The lowest BCUT2D eigenvalue weighted by Crippen LogP contribution is -2.11. The summed E-state index contributed by atoms with van der Waals surface area (Å²) in [6.07, 6.45) is 4.27. The molecule has 0 N–H and O–H groups in total. The first-order chi connectivity index (χ1) is 8.61. The summed E-state index contributed by atoms with van der Waals surface area (Å²) in [5.74, 6) is -0.273. The predicted molar refractivity (Wildman–Crippen MR) is 67.1 cm³/mol. The Morgan fingerprint density at radius 1 is 1.39 bits per heavy atom. The van der Waals surface area contributed by atoms with Crippen LogP contribution in [0.2, 0.25) is 0 Å². The molecule has 94 valence electrons. The first kappa shape index (κ1) is 12.5. The van der Waals surface area contributed by atoms with Crippen molar-refractivity contribution in [3.63, 3.8) is 0 Å². The standard InChI is InChI=1S/C14H15FN2O/c1-3-5-17-6-4-16-14(17)13(18)11-7-10(2)8-12(15)9-11/h4,6-9H,3,5H2,1-2H3. The van der Waals surface area contributed by atoms with Gasteiger partial charge in [0.1, 0.15) is 5.82 Å². The van der Waals surface area contributed by atoms with E-state index in [2.05, 4.69) is 4.98 Å². The van der Waals surface area contributed by atoms with E-state index in [-0.39, 0.29) is 5.78 Å². The Morgan fingerprint density at radius 3 is 2.83 bits per heavy atom. The molecule has 0 radical (unpaired) electrons. The molecule has 3 nitrogen and oxygen atoms in total. The molecular weight excluding hydrogens is 231 g/mol. The molecule has 1 heterocycles. The first-order valence-corrected chi connectivity index (χ1v) is 5.95. The maximum Gasteiger partial charge on any atom is 0.228 e. The van der Waals surface area contributed by atoms with Crippen LogP contribution in [0.5, 0.6) is 0 Å². The van der Waals surface area contributed by atoms with E-state index in [1.54, 1.807) is 30.0 Å². The lowest BCUT2D eigenvalue weighted by Gasteiger charge is -2.06. The van der Waals surface area contributed by atoms with E-state index in [1.807, 2.05) is 6.92 Å². The molecule has 0 fully saturated rings. The highest BCUT2D eigenvalue weighted by Crippen LogP contribution is 2.13. The number of aromatic nitrogens is 2. The third-order valence-electron chi connectivity index (χ3n) is 2.69. The average Bonchev–Trinajstić information content (AvgIpc) is 2.75. The van der Waals surface area contributed by atoms with Crippen LogP contribution in [0, 0.1) is 12.7 Å². The fourth-order valence-electron chi connectivity index (χ4n) is 1.94. The summed E-state index contributed by atoms with van der Waals surface area (Å²) >= 11 is 0. The maximum absolute atomic E-state index is 13.3. The summed E-state index contributed by atoms with van der Waals surface area (Å²) < 4.78 is 15.1. The second kappa shape index (κ2) is 5.12. The molecule has 0 saturated carbocycles. The molecular formula is C14H15FN2O. The van der Waals surface area contributed by atoms with Crippen molar-refractivity contribution in [2.75, 3.05) is 0 Å². The van der Waals surface area contributed by atoms with Crippen LogP contribution in [0.3, 0.4) is 0 Å². The molecule has 0 atom stereocenters. The smallest absolute Gasteiger partial charge is 0.228 e. The van der Waals surface area contributed by atoms with Crippen LogP contribution in [0.1, 0.15) is 35.1 Å². The van der Waals surface area contributed by atoms with Gasteiger partial charge in [-0.05, 0) is 37.1 Å². The minimum atomic E-state index is -0.396. The fourth-order valence-corrected chi connectivity index (χ4v) is 1.94. The molecule has 2 rings (SSSR count). The van der Waals surface area contributed by atoms with E-state index in [1.165, 1.54) is 12.1 Å². The summed E-state index contributed by atoms with van der Waals surface area (Å²) in [4.78, 5) is 16.3. The van der Waals surface area contributed by atoms with Crippen molar-refractivity contribution in [1.29, 1.82) is 0 Å². The topological polar surface area (TPSA) is 34.9 Å². The summed E-state index contributed by atoms with van der Waals surface area (Å²) in [6.45, 7) is 4.52. The van der Waals surface area contributed by atoms with E-state index < -0.39 is 5.82 Å². The lowest BCUT2D eigenvalue weighted by molar-refractivity contribution is 0.102. The van der Waals surface area contributed by atoms with Crippen molar-refractivity contribution in [3.8, 4) is 0 Å². The van der Waals surface area contributed by atoms with Gasteiger partial charge in [-0.15, -0.1) is 0 Å². The number of aryl methyl sites for hydroxylation is 2. The monoisotopic (exact) mass is 246 g/mol. The van der Waals surface area contributed by atoms with Gasteiger partial charge in [0.15, 0.2) is 5.82 Å². The molecule has 0 saturated heterocycles. The molecule has 18 heavy (non-hydrogen) atoms. The molecule has 1 aromatic heterocycles. The third kappa shape index (κ3) is 2.47. The highest BCUT2D eigenvalue weighted by molar-refractivity contribution is 6.06.